The van der Waals surface area contributed by atoms with Crippen molar-refractivity contribution < 1.29 is 15.0 Å². The fourth-order valence-electron chi connectivity index (χ4n) is 1.65. The highest BCUT2D eigenvalue weighted by molar-refractivity contribution is 9.10. The maximum Gasteiger partial charge on any atom is 0.255 e. The number of nitrogens with zero attached hydrogens (tertiary/aromatic N) is 2. The second kappa shape index (κ2) is 4.48. The Kier molecular flexibility index (Phi) is 3.22. The van der Waals surface area contributed by atoms with Crippen molar-refractivity contribution >= 4 is 21.8 Å². The van der Waals surface area contributed by atoms with Crippen LogP contribution in [0.5, 0.6) is 0 Å². The van der Waals surface area contributed by atoms with Crippen LogP contribution in [-0.4, -0.2) is 51.3 Å². The van der Waals surface area contributed by atoms with Crippen LogP contribution in [0, 0.1) is 0 Å². The van der Waals surface area contributed by atoms with E-state index in [-0.39, 0.29) is 19.0 Å². The minimum absolute atomic E-state index is 0.159. The molecule has 0 aromatic carbocycles. The summed E-state index contributed by atoms with van der Waals surface area (Å²) < 4.78 is 0.721. The zero-order valence-electron chi connectivity index (χ0n) is 8.38. The van der Waals surface area contributed by atoms with Crippen LogP contribution in [0.25, 0.3) is 0 Å². The van der Waals surface area contributed by atoms with Gasteiger partial charge >= 0.3 is 0 Å². The number of amides is 1. The Morgan fingerprint density at radius 2 is 2.00 bits per heavy atom. The van der Waals surface area contributed by atoms with E-state index in [9.17, 15) is 15.0 Å². The molecule has 86 valence electrons. The van der Waals surface area contributed by atoms with Gasteiger partial charge < -0.3 is 15.1 Å². The van der Waals surface area contributed by atoms with Crippen LogP contribution in [0.15, 0.2) is 22.9 Å². The van der Waals surface area contributed by atoms with Gasteiger partial charge in [-0.05, 0) is 22.0 Å². The SMILES string of the molecule is O=C(c1cncc(Br)c1)N1C[C@@H](O)[C@@H](O)C1. The molecule has 2 N–H and O–H groups in total. The molecule has 2 atom stereocenters. The summed E-state index contributed by atoms with van der Waals surface area (Å²) in [7, 11) is 0. The molecule has 1 aliphatic heterocycles. The first-order valence-electron chi connectivity index (χ1n) is 4.84. The molecule has 0 aliphatic carbocycles. The molecule has 5 nitrogen and oxygen atoms in total. The van der Waals surface area contributed by atoms with E-state index < -0.39 is 12.2 Å². The van der Waals surface area contributed by atoms with Crippen LogP contribution in [0.3, 0.4) is 0 Å². The van der Waals surface area contributed by atoms with E-state index >= 15 is 0 Å². The molecule has 1 aromatic heterocycles. The molecular formula is C10H11BrN2O3. The maximum absolute atomic E-state index is 11.9. The molecule has 16 heavy (non-hydrogen) atoms. The van der Waals surface area contributed by atoms with Crippen molar-refractivity contribution in [3.8, 4) is 0 Å². The van der Waals surface area contributed by atoms with Gasteiger partial charge in [0.15, 0.2) is 0 Å². The van der Waals surface area contributed by atoms with Crippen molar-refractivity contribution in [1.29, 1.82) is 0 Å². The summed E-state index contributed by atoms with van der Waals surface area (Å²) in [5.41, 5.74) is 0.440. The monoisotopic (exact) mass is 286 g/mol. The molecule has 1 aliphatic rings. The maximum atomic E-state index is 11.9. The summed E-state index contributed by atoms with van der Waals surface area (Å²) in [6, 6.07) is 1.66. The smallest absolute Gasteiger partial charge is 0.255 e. The van der Waals surface area contributed by atoms with Crippen molar-refractivity contribution in [3.05, 3.63) is 28.5 Å². The molecule has 0 bridgehead atoms. The second-order valence-corrected chi connectivity index (χ2v) is 4.65. The Hall–Kier alpha value is -0.980. The van der Waals surface area contributed by atoms with Gasteiger partial charge in [-0.3, -0.25) is 9.78 Å². The average molecular weight is 287 g/mol. The van der Waals surface area contributed by atoms with Gasteiger partial charge in [0.05, 0.1) is 17.8 Å². The normalized spacial score (nSPS) is 24.8. The summed E-state index contributed by atoms with van der Waals surface area (Å²) in [6.45, 7) is 0.318. The van der Waals surface area contributed by atoms with Crippen molar-refractivity contribution in [1.82, 2.24) is 9.88 Å². The zero-order chi connectivity index (χ0) is 11.7. The van der Waals surface area contributed by atoms with Gasteiger partial charge in [-0.1, -0.05) is 0 Å². The topological polar surface area (TPSA) is 73.7 Å². The molecule has 0 radical (unpaired) electrons. The number of halogens is 1. The predicted octanol–water partition coefficient (Wildman–Crippen LogP) is 0.0217. The van der Waals surface area contributed by atoms with E-state index in [0.717, 1.165) is 4.47 Å². The van der Waals surface area contributed by atoms with Crippen LogP contribution in [-0.2, 0) is 0 Å². The second-order valence-electron chi connectivity index (χ2n) is 3.74. The van der Waals surface area contributed by atoms with Gasteiger partial charge in [0.2, 0.25) is 0 Å². The van der Waals surface area contributed by atoms with Crippen LogP contribution in [0.1, 0.15) is 10.4 Å². The van der Waals surface area contributed by atoms with Gasteiger partial charge in [0, 0.05) is 30.0 Å². The Labute approximate surface area is 101 Å². The predicted molar refractivity (Wildman–Crippen MR) is 59.9 cm³/mol. The number of carbonyl (C=O) groups excluding carboxylic acids is 1. The third kappa shape index (κ3) is 2.23. The Morgan fingerprint density at radius 1 is 1.38 bits per heavy atom. The highest BCUT2D eigenvalue weighted by atomic mass is 79.9. The number of rotatable bonds is 1. The van der Waals surface area contributed by atoms with E-state index in [4.69, 9.17) is 0 Å². The lowest BCUT2D eigenvalue weighted by atomic mass is 10.2. The number of hydrogen-bond acceptors (Lipinski definition) is 4. The largest absolute Gasteiger partial charge is 0.388 e. The molecule has 1 fully saturated rings. The van der Waals surface area contributed by atoms with E-state index in [1.54, 1.807) is 12.3 Å². The first-order chi connectivity index (χ1) is 7.58. The minimum Gasteiger partial charge on any atom is -0.388 e. The van der Waals surface area contributed by atoms with Crippen molar-refractivity contribution in [2.75, 3.05) is 13.1 Å². The molecular weight excluding hydrogens is 276 g/mol. The molecule has 2 heterocycles. The summed E-state index contributed by atoms with van der Waals surface area (Å²) in [6.07, 6.45) is 1.34. The Balaban J connectivity index is 2.14. The standard InChI is InChI=1S/C10H11BrN2O3/c11-7-1-6(2-12-3-7)10(16)13-4-8(14)9(15)5-13/h1-3,8-9,14-15H,4-5H2/t8-,9+. The third-order valence-electron chi connectivity index (χ3n) is 2.50. The van der Waals surface area contributed by atoms with Gasteiger partial charge in [-0.25, -0.2) is 0 Å². The molecule has 6 heteroatoms. The van der Waals surface area contributed by atoms with Crippen LogP contribution < -0.4 is 0 Å². The van der Waals surface area contributed by atoms with Crippen LogP contribution in [0.2, 0.25) is 0 Å². The molecule has 0 spiro atoms. The van der Waals surface area contributed by atoms with Crippen molar-refractivity contribution in [2.45, 2.75) is 12.2 Å². The number of aromatic nitrogens is 1. The number of aliphatic hydroxyl groups is 2. The number of aliphatic hydroxyl groups excluding tert-OH is 2. The quantitative estimate of drug-likeness (QED) is 0.764. The number of likely N-dealkylation sites (tertiary alicyclic amines) is 1. The summed E-state index contributed by atoms with van der Waals surface area (Å²) in [5.74, 6) is -0.232. The first kappa shape index (κ1) is 11.5. The number of carbonyl (C=O) groups is 1. The highest BCUT2D eigenvalue weighted by Gasteiger charge is 2.32. The van der Waals surface area contributed by atoms with Crippen LogP contribution in [0.4, 0.5) is 0 Å². The minimum atomic E-state index is -0.857. The summed E-state index contributed by atoms with van der Waals surface area (Å²) in [4.78, 5) is 17.2. The molecule has 0 unspecified atom stereocenters. The lowest BCUT2D eigenvalue weighted by Crippen LogP contribution is -2.29. The summed E-state index contributed by atoms with van der Waals surface area (Å²) in [5, 5.41) is 18.7. The fraction of sp³-hybridized carbons (Fsp3) is 0.400. The summed E-state index contributed by atoms with van der Waals surface area (Å²) >= 11 is 3.23. The van der Waals surface area contributed by atoms with E-state index in [2.05, 4.69) is 20.9 Å². The third-order valence-corrected chi connectivity index (χ3v) is 2.93. The molecule has 1 saturated heterocycles. The van der Waals surface area contributed by atoms with E-state index in [0.29, 0.717) is 5.56 Å². The Bertz CT molecular complexity index is 403. The number of pyridine rings is 1. The molecule has 1 aromatic rings. The Morgan fingerprint density at radius 3 is 2.56 bits per heavy atom. The average Bonchev–Trinajstić information content (AvgIpc) is 2.58. The van der Waals surface area contributed by atoms with Gasteiger partial charge in [-0.15, -0.1) is 0 Å². The first-order valence-corrected chi connectivity index (χ1v) is 5.63. The van der Waals surface area contributed by atoms with Gasteiger partial charge in [0.25, 0.3) is 5.91 Å². The molecule has 0 saturated carbocycles. The van der Waals surface area contributed by atoms with Crippen molar-refractivity contribution in [2.24, 2.45) is 0 Å². The van der Waals surface area contributed by atoms with Gasteiger partial charge in [0.1, 0.15) is 0 Å². The lowest BCUT2D eigenvalue weighted by Gasteiger charge is -2.14. The van der Waals surface area contributed by atoms with Crippen molar-refractivity contribution in [3.63, 3.8) is 0 Å². The van der Waals surface area contributed by atoms with Gasteiger partial charge in [-0.2, -0.15) is 0 Å². The van der Waals surface area contributed by atoms with Crippen LogP contribution >= 0.6 is 15.9 Å². The lowest BCUT2D eigenvalue weighted by molar-refractivity contribution is 0.0572. The van der Waals surface area contributed by atoms with E-state index in [1.807, 2.05) is 0 Å². The fourth-order valence-corrected chi connectivity index (χ4v) is 2.01. The molecule has 1 amide bonds. The molecule has 2 rings (SSSR count). The number of hydrogen-bond donors (Lipinski definition) is 2. The highest BCUT2D eigenvalue weighted by Crippen LogP contribution is 2.16. The number of β-amino-alcohol motifs (C(OH)–C–C–N with tert-alkyl or cyclic N) is 2. The zero-order valence-corrected chi connectivity index (χ0v) is 9.96. The van der Waals surface area contributed by atoms with E-state index in [1.165, 1.54) is 11.1 Å².